The van der Waals surface area contributed by atoms with Crippen LogP contribution in [-0.2, 0) is 13.0 Å². The number of pyridine rings is 1. The van der Waals surface area contributed by atoms with Crippen LogP contribution < -0.4 is 15.8 Å². The van der Waals surface area contributed by atoms with Crippen molar-refractivity contribution < 1.29 is 6.48 Å². The highest BCUT2D eigenvalue weighted by molar-refractivity contribution is 5.77. The summed E-state index contributed by atoms with van der Waals surface area (Å²) in [5.74, 6) is 0.770. The fourth-order valence-electron chi connectivity index (χ4n) is 6.52. The average molecular weight is 568 g/mol. The second-order valence-corrected chi connectivity index (χ2v) is 12.1. The number of nitrogens with one attached hydrogen (secondary N) is 1. The van der Waals surface area contributed by atoms with Gasteiger partial charge in [-0.1, -0.05) is 12.1 Å². The topological polar surface area (TPSA) is 104 Å². The molecule has 3 aromatic heterocycles. The minimum Gasteiger partial charge on any atom is -0.386 e. The normalized spacial score (nSPS) is 21.9. The molecule has 2 fully saturated rings. The Labute approximate surface area is 246 Å². The number of piperidine rings is 1. The molecule has 218 valence electrons. The first kappa shape index (κ1) is 25.7. The summed E-state index contributed by atoms with van der Waals surface area (Å²) in [5.41, 5.74) is 2.97. The highest BCUT2D eigenvalue weighted by Crippen LogP contribution is 2.60. The van der Waals surface area contributed by atoms with Gasteiger partial charge in [-0.2, -0.15) is 4.98 Å². The Balaban J connectivity index is 1.21. The first-order chi connectivity index (χ1) is 20.7. The molecule has 3 aliphatic rings. The van der Waals surface area contributed by atoms with Crippen molar-refractivity contribution in [1.82, 2.24) is 29.2 Å². The van der Waals surface area contributed by atoms with Crippen molar-refractivity contribution in [2.45, 2.75) is 57.2 Å². The predicted octanol–water partition coefficient (Wildman–Crippen LogP) is 4.20. The van der Waals surface area contributed by atoms with Gasteiger partial charge < -0.3 is 20.2 Å². The SMILES string of the molecule is [2H][C@]1(O)c2nc(-n3c4nc(Nc5ccc(N6CCC(N(C)C)CC6)cc5)ncc4c(=O)n3CC=C)ccc2CCC12CC2. The van der Waals surface area contributed by atoms with Crippen LogP contribution in [-0.4, -0.2) is 67.5 Å². The zero-order valence-electron chi connectivity index (χ0n) is 25.3. The molecule has 2 N–H and O–H groups in total. The molecule has 10 heteroatoms. The number of aryl methyl sites for hydroxylation is 1. The van der Waals surface area contributed by atoms with E-state index in [1.165, 1.54) is 16.6 Å². The first-order valence-corrected chi connectivity index (χ1v) is 14.8. The van der Waals surface area contributed by atoms with Crippen LogP contribution in [0.4, 0.5) is 17.3 Å². The molecule has 1 atom stereocenters. The van der Waals surface area contributed by atoms with E-state index < -0.39 is 11.5 Å². The van der Waals surface area contributed by atoms with Gasteiger partial charge in [0.2, 0.25) is 5.95 Å². The van der Waals surface area contributed by atoms with Gasteiger partial charge in [-0.15, -0.1) is 6.58 Å². The van der Waals surface area contributed by atoms with Crippen LogP contribution in [0, 0.1) is 5.41 Å². The third-order valence-corrected chi connectivity index (χ3v) is 9.30. The molecule has 0 amide bonds. The molecule has 1 saturated heterocycles. The van der Waals surface area contributed by atoms with Crippen LogP contribution in [0.3, 0.4) is 0 Å². The average Bonchev–Trinajstić information content (AvgIpc) is 3.76. The molecule has 0 unspecified atom stereocenters. The van der Waals surface area contributed by atoms with Gasteiger partial charge in [-0.05, 0) is 88.5 Å². The second-order valence-electron chi connectivity index (χ2n) is 12.1. The Hall–Kier alpha value is -4.02. The van der Waals surface area contributed by atoms with E-state index in [2.05, 4.69) is 52.9 Å². The lowest BCUT2D eigenvalue weighted by atomic mass is 9.82. The van der Waals surface area contributed by atoms with Gasteiger partial charge in [-0.3, -0.25) is 4.79 Å². The first-order valence-electron chi connectivity index (χ1n) is 15.3. The fraction of sp³-hybridized carbons (Fsp3) is 0.438. The summed E-state index contributed by atoms with van der Waals surface area (Å²) in [6, 6.07) is 12.6. The second kappa shape index (κ2) is 10.4. The zero-order chi connectivity index (χ0) is 29.9. The van der Waals surface area contributed by atoms with Gasteiger partial charge in [-0.25, -0.2) is 19.3 Å². The molecule has 7 rings (SSSR count). The van der Waals surface area contributed by atoms with E-state index in [0.29, 0.717) is 34.5 Å². The maximum atomic E-state index is 13.4. The van der Waals surface area contributed by atoms with Gasteiger partial charge in [0, 0.05) is 42.1 Å². The number of nitrogens with zero attached hydrogens (tertiary/aromatic N) is 7. The fourth-order valence-corrected chi connectivity index (χ4v) is 6.52. The molecule has 1 spiro atoms. The lowest BCUT2D eigenvalue weighted by Gasteiger charge is -2.36. The van der Waals surface area contributed by atoms with Crippen LogP contribution in [0.2, 0.25) is 0 Å². The number of fused-ring (bicyclic) bond motifs is 2. The molecule has 4 aromatic rings. The molecule has 2 aliphatic carbocycles. The highest BCUT2D eigenvalue weighted by Gasteiger charge is 2.52. The van der Waals surface area contributed by atoms with E-state index in [1.54, 1.807) is 10.8 Å². The number of rotatable bonds is 7. The molecular weight excluding hydrogens is 528 g/mol. The highest BCUT2D eigenvalue weighted by atomic mass is 16.3. The van der Waals surface area contributed by atoms with Gasteiger partial charge in [0.1, 0.15) is 11.5 Å². The van der Waals surface area contributed by atoms with Crippen molar-refractivity contribution >= 4 is 28.4 Å². The summed E-state index contributed by atoms with van der Waals surface area (Å²) in [4.78, 5) is 32.2. The number of aliphatic hydroxyl groups is 1. The Morgan fingerprint density at radius 2 is 1.90 bits per heavy atom. The molecule has 0 radical (unpaired) electrons. The largest absolute Gasteiger partial charge is 0.386 e. The van der Waals surface area contributed by atoms with Gasteiger partial charge in [0.05, 0.1) is 13.6 Å². The van der Waals surface area contributed by atoms with Gasteiger partial charge in [0.15, 0.2) is 11.5 Å². The maximum Gasteiger partial charge on any atom is 0.278 e. The van der Waals surface area contributed by atoms with Crippen molar-refractivity contribution in [3.05, 3.63) is 76.9 Å². The number of aromatic nitrogens is 5. The molecule has 0 bridgehead atoms. The third kappa shape index (κ3) is 4.59. The molecular formula is C32H38N8O2. The van der Waals surface area contributed by atoms with Crippen molar-refractivity contribution in [3.63, 3.8) is 0 Å². The summed E-state index contributed by atoms with van der Waals surface area (Å²) in [6.45, 7) is 6.13. The van der Waals surface area contributed by atoms with Crippen molar-refractivity contribution in [3.8, 4) is 5.82 Å². The number of allylic oxidation sites excluding steroid dienone is 1. The van der Waals surface area contributed by atoms with Crippen molar-refractivity contribution in [2.24, 2.45) is 5.41 Å². The van der Waals surface area contributed by atoms with Crippen LogP contribution in [0.25, 0.3) is 16.9 Å². The van der Waals surface area contributed by atoms with Gasteiger partial charge in [0.25, 0.3) is 5.56 Å². The quantitative estimate of drug-likeness (QED) is 0.321. The summed E-state index contributed by atoms with van der Waals surface area (Å²) < 4.78 is 12.0. The summed E-state index contributed by atoms with van der Waals surface area (Å²) >= 11 is 0. The van der Waals surface area contributed by atoms with E-state index in [0.717, 1.165) is 62.9 Å². The molecule has 4 heterocycles. The number of hydrogen-bond donors (Lipinski definition) is 2. The van der Waals surface area contributed by atoms with E-state index >= 15 is 0 Å². The Bertz CT molecular complexity index is 1750. The third-order valence-electron chi connectivity index (χ3n) is 9.30. The minimum absolute atomic E-state index is 0.235. The summed E-state index contributed by atoms with van der Waals surface area (Å²) in [5, 5.41) is 14.9. The van der Waals surface area contributed by atoms with Crippen LogP contribution in [0.1, 0.15) is 50.8 Å². The molecule has 10 nitrogen and oxygen atoms in total. The Kier molecular flexibility index (Phi) is 6.33. The maximum absolute atomic E-state index is 13.4. The number of hydrogen-bond acceptors (Lipinski definition) is 8. The van der Waals surface area contributed by atoms with Crippen LogP contribution in [0.15, 0.2) is 60.0 Å². The van der Waals surface area contributed by atoms with E-state index in [-0.39, 0.29) is 12.1 Å². The van der Waals surface area contributed by atoms with Gasteiger partial charge >= 0.3 is 0 Å². The van der Waals surface area contributed by atoms with E-state index in [9.17, 15) is 9.90 Å². The Morgan fingerprint density at radius 1 is 1.14 bits per heavy atom. The van der Waals surface area contributed by atoms with Crippen LogP contribution >= 0.6 is 0 Å². The summed E-state index contributed by atoms with van der Waals surface area (Å²) in [7, 11) is 4.30. The lowest BCUT2D eigenvalue weighted by molar-refractivity contribution is 0.0734. The molecule has 1 aliphatic heterocycles. The summed E-state index contributed by atoms with van der Waals surface area (Å²) in [6.07, 6.45) is 6.92. The number of anilines is 3. The van der Waals surface area contributed by atoms with Crippen molar-refractivity contribution in [1.29, 1.82) is 0 Å². The lowest BCUT2D eigenvalue weighted by Crippen LogP contribution is -2.41. The zero-order valence-corrected chi connectivity index (χ0v) is 24.3. The molecule has 1 aromatic carbocycles. The molecule has 1 saturated carbocycles. The predicted molar refractivity (Wildman–Crippen MR) is 165 cm³/mol. The Morgan fingerprint density at radius 3 is 2.60 bits per heavy atom. The number of benzene rings is 1. The smallest absolute Gasteiger partial charge is 0.278 e. The van der Waals surface area contributed by atoms with E-state index in [4.69, 9.17) is 11.3 Å². The minimum atomic E-state index is -1.76. The van der Waals surface area contributed by atoms with Crippen LogP contribution in [0.5, 0.6) is 0 Å². The standard InChI is InChI=1S/C32H38N8O2/c1-4-17-39-30(42)25-20-33-31(34-22-6-8-24(9-7-22)38-18-12-23(13-19-38)37(2)3)36-29(25)40(39)26-10-5-21-11-14-32(15-16-32)28(41)27(21)35-26/h4-10,20,23,28,41H,1,11-19H2,2-3H3,(H,33,34,36)/t28-/m0/s1/i28D. The van der Waals surface area contributed by atoms with Crippen molar-refractivity contribution in [2.75, 3.05) is 37.4 Å². The monoisotopic (exact) mass is 567 g/mol. The van der Waals surface area contributed by atoms with E-state index in [1.807, 2.05) is 24.3 Å². The molecule has 42 heavy (non-hydrogen) atoms.